The lowest BCUT2D eigenvalue weighted by Gasteiger charge is -2.47. The Morgan fingerprint density at radius 1 is 0.955 bits per heavy atom. The van der Waals surface area contributed by atoms with E-state index in [9.17, 15) is 41.1 Å². The van der Waals surface area contributed by atoms with Gasteiger partial charge >= 0.3 is 12.2 Å². The van der Waals surface area contributed by atoms with Crippen molar-refractivity contribution in [3.63, 3.8) is 0 Å². The summed E-state index contributed by atoms with van der Waals surface area (Å²) in [6.07, 6.45) is -0.552. The van der Waals surface area contributed by atoms with Crippen LogP contribution in [0.15, 0.2) is 42.9 Å². The number of carbonyl (C=O) groups is 4. The summed E-state index contributed by atoms with van der Waals surface area (Å²) >= 11 is 0. The Kier molecular flexibility index (Phi) is 13.9. The van der Waals surface area contributed by atoms with Gasteiger partial charge in [-0.15, -0.1) is 5.10 Å². The number of rotatable bonds is 14. The second-order valence-electron chi connectivity index (χ2n) is 16.8. The highest BCUT2D eigenvalue weighted by molar-refractivity contribution is 6.06. The maximum absolute atomic E-state index is 15.6. The summed E-state index contributed by atoms with van der Waals surface area (Å²) in [6.45, 7) is 1.46. The molecule has 1 aromatic carbocycles. The van der Waals surface area contributed by atoms with Crippen LogP contribution in [0.4, 0.5) is 54.0 Å². The Hall–Kier alpha value is -6.50. The summed E-state index contributed by atoms with van der Waals surface area (Å²) in [5, 5.41) is 19.1. The van der Waals surface area contributed by atoms with Gasteiger partial charge < -0.3 is 29.9 Å². The molecule has 19 nitrogen and oxygen atoms in total. The van der Waals surface area contributed by atoms with E-state index < -0.39 is 48.5 Å². The van der Waals surface area contributed by atoms with Crippen LogP contribution in [0.1, 0.15) is 67.2 Å². The zero-order chi connectivity index (χ0) is 47.6. The van der Waals surface area contributed by atoms with Crippen molar-refractivity contribution in [1.82, 2.24) is 44.9 Å². The number of imide groups is 1. The molecule has 0 unspecified atom stereocenters. The lowest BCUT2D eigenvalue weighted by Crippen LogP contribution is -2.60. The molecule has 0 bridgehead atoms. The third-order valence-corrected chi connectivity index (χ3v) is 12.6. The van der Waals surface area contributed by atoms with Gasteiger partial charge in [0, 0.05) is 89.1 Å². The molecule has 3 aliphatic heterocycles. The summed E-state index contributed by atoms with van der Waals surface area (Å²) in [5.41, 5.74) is -0.403. The summed E-state index contributed by atoms with van der Waals surface area (Å²) in [7, 11) is 2.98. The average Bonchev–Trinajstić information content (AvgIpc) is 4.10. The number of halogens is 6. The number of methoxy groups -OCH3 is 2. The molecule has 1 saturated carbocycles. The number of piperazine rings is 1. The molecule has 0 spiro atoms. The molecule has 1 aliphatic carbocycles. The number of hydrogen-bond donors (Lipinski definition) is 3. The number of urea groups is 1. The molecular formula is C42H49F6N13O6. The number of aromatic nitrogens is 6. The van der Waals surface area contributed by atoms with Crippen LogP contribution in [0.25, 0.3) is 5.69 Å². The van der Waals surface area contributed by atoms with Crippen LogP contribution in [-0.2, 0) is 14.3 Å². The highest BCUT2D eigenvalue weighted by atomic mass is 19.4. The molecule has 0 radical (unpaired) electrons. The Bertz CT molecular complexity index is 2460. The standard InChI is InChI=1S/C42H49F6N13O6/c1-66-22-29-20-57(40(64)24-8-11-56(19-24)28-15-30(43)37(33(16-28)67-2)59-12-9-35(62)53-41(59)65)13-14-58(29)25-3-5-26(6-4-25)60-21-32(36(55-60)38(44)45)52-39(63)31-18-51-61(54-31)27-7-10-49-34(17-27)50-23-42(46,47)48/h7,10,15-18,21,24-26,29,38H,3-6,8-9,11-14,19-20,22-23H2,1-2H3,(H,49,50)(H,52,63)(H,53,62,65)/t24-,25?,26?,29-/m1/s1. The van der Waals surface area contributed by atoms with Gasteiger partial charge in [-0.25, -0.2) is 22.9 Å². The summed E-state index contributed by atoms with van der Waals surface area (Å²) in [5.74, 6) is -2.29. The first kappa shape index (κ1) is 47.0. The van der Waals surface area contributed by atoms with Crippen molar-refractivity contribution < 1.29 is 55.0 Å². The monoisotopic (exact) mass is 945 g/mol. The highest BCUT2D eigenvalue weighted by Crippen LogP contribution is 2.39. The molecule has 4 aliphatic rings. The Balaban J connectivity index is 0.853. The van der Waals surface area contributed by atoms with E-state index >= 15 is 4.39 Å². The van der Waals surface area contributed by atoms with Crippen molar-refractivity contribution in [2.24, 2.45) is 5.92 Å². The van der Waals surface area contributed by atoms with Crippen LogP contribution >= 0.6 is 0 Å². The van der Waals surface area contributed by atoms with Crippen molar-refractivity contribution in [2.45, 2.75) is 69.3 Å². The molecular weight excluding hydrogens is 897 g/mol. The largest absolute Gasteiger partial charge is 0.494 e. The molecule has 4 fully saturated rings. The number of pyridine rings is 1. The number of ether oxygens (including phenoxy) is 2. The fraction of sp³-hybridized carbons (Fsp3) is 0.524. The van der Waals surface area contributed by atoms with Gasteiger partial charge in [-0.3, -0.25) is 34.2 Å². The first-order valence-corrected chi connectivity index (χ1v) is 21.7. The van der Waals surface area contributed by atoms with Gasteiger partial charge in [-0.05, 0) is 44.2 Å². The fourth-order valence-corrected chi connectivity index (χ4v) is 9.30. The van der Waals surface area contributed by atoms with Gasteiger partial charge in [0.2, 0.25) is 11.8 Å². The van der Waals surface area contributed by atoms with Crippen LogP contribution in [0.3, 0.4) is 0 Å². The Morgan fingerprint density at radius 3 is 2.45 bits per heavy atom. The number of anilines is 4. The Labute approximate surface area is 379 Å². The van der Waals surface area contributed by atoms with Crippen LogP contribution in [0, 0.1) is 11.7 Å². The second-order valence-corrected chi connectivity index (χ2v) is 16.8. The maximum Gasteiger partial charge on any atom is 0.405 e. The predicted octanol–water partition coefficient (Wildman–Crippen LogP) is 4.79. The van der Waals surface area contributed by atoms with Gasteiger partial charge in [0.1, 0.15) is 23.8 Å². The number of hydrogen-bond acceptors (Lipinski definition) is 13. The minimum atomic E-state index is -4.47. The zero-order valence-corrected chi connectivity index (χ0v) is 36.5. The van der Waals surface area contributed by atoms with Crippen LogP contribution in [-0.4, -0.2) is 148 Å². The van der Waals surface area contributed by atoms with Crippen molar-refractivity contribution in [3.8, 4) is 11.4 Å². The molecule has 360 valence electrons. The third-order valence-electron chi connectivity index (χ3n) is 12.6. The van der Waals surface area contributed by atoms with Gasteiger partial charge in [-0.1, -0.05) is 0 Å². The number of nitrogens with one attached hydrogen (secondary N) is 3. The lowest BCUT2D eigenvalue weighted by molar-refractivity contribution is -0.139. The molecule has 3 aromatic heterocycles. The van der Waals surface area contributed by atoms with Crippen molar-refractivity contribution in [2.75, 3.05) is 87.1 Å². The Morgan fingerprint density at radius 2 is 1.73 bits per heavy atom. The summed E-state index contributed by atoms with van der Waals surface area (Å²) < 4.78 is 94.7. The van der Waals surface area contributed by atoms with Crippen LogP contribution in [0.2, 0.25) is 0 Å². The van der Waals surface area contributed by atoms with Gasteiger partial charge in [0.05, 0.1) is 49.3 Å². The van der Waals surface area contributed by atoms with E-state index in [0.717, 1.165) is 15.9 Å². The average molecular weight is 946 g/mol. The van der Waals surface area contributed by atoms with E-state index in [1.165, 1.54) is 42.4 Å². The third kappa shape index (κ3) is 10.6. The van der Waals surface area contributed by atoms with Gasteiger partial charge in [0.15, 0.2) is 17.2 Å². The molecule has 67 heavy (non-hydrogen) atoms. The van der Waals surface area contributed by atoms with E-state index in [4.69, 9.17) is 9.47 Å². The first-order chi connectivity index (χ1) is 32.1. The van der Waals surface area contributed by atoms with Crippen molar-refractivity contribution in [3.05, 3.63) is 60.1 Å². The number of amides is 5. The molecule has 6 heterocycles. The molecule has 3 N–H and O–H groups in total. The molecule has 2 atom stereocenters. The normalized spacial score (nSPS) is 21.8. The van der Waals surface area contributed by atoms with E-state index in [1.807, 2.05) is 9.80 Å². The van der Waals surface area contributed by atoms with Gasteiger partial charge in [0.25, 0.3) is 12.3 Å². The first-order valence-electron chi connectivity index (χ1n) is 21.7. The highest BCUT2D eigenvalue weighted by Gasteiger charge is 2.40. The van der Waals surface area contributed by atoms with E-state index in [-0.39, 0.29) is 77.2 Å². The summed E-state index contributed by atoms with van der Waals surface area (Å²) in [4.78, 5) is 63.4. The smallest absolute Gasteiger partial charge is 0.405 e. The molecule has 8 rings (SSSR count). The summed E-state index contributed by atoms with van der Waals surface area (Å²) in [6, 6.07) is 4.67. The SMILES string of the molecule is COC[C@H]1CN(C(=O)[C@@H]2CCN(c3cc(F)c(N4CCC(=O)NC4=O)c(OC)c3)C2)CCN1C1CCC(n2cc(NC(=O)c3cnn(-c4ccnc(NCC(F)(F)F)c4)n3)c(C(F)F)n2)CC1. The van der Waals surface area contributed by atoms with Gasteiger partial charge in [-0.2, -0.15) is 28.2 Å². The van der Waals surface area contributed by atoms with Crippen molar-refractivity contribution >= 4 is 46.6 Å². The lowest BCUT2D eigenvalue weighted by atomic mass is 9.89. The van der Waals surface area contributed by atoms with Crippen LogP contribution < -0.4 is 30.5 Å². The second kappa shape index (κ2) is 19.8. The minimum absolute atomic E-state index is 0.00472. The maximum atomic E-state index is 15.6. The number of carbonyl (C=O) groups excluding carboxylic acids is 4. The molecule has 3 saturated heterocycles. The van der Waals surface area contributed by atoms with E-state index in [2.05, 4.69) is 41.1 Å². The molecule has 4 aromatic rings. The fourth-order valence-electron chi connectivity index (χ4n) is 9.30. The topological polar surface area (TPSA) is 197 Å². The predicted molar refractivity (Wildman–Crippen MR) is 228 cm³/mol. The van der Waals surface area contributed by atoms with Crippen LogP contribution in [0.5, 0.6) is 5.75 Å². The van der Waals surface area contributed by atoms with Crippen molar-refractivity contribution in [1.29, 1.82) is 0 Å². The van der Waals surface area contributed by atoms with E-state index in [0.29, 0.717) is 77.1 Å². The number of nitrogens with zero attached hydrogens (tertiary/aromatic N) is 10. The molecule has 5 amide bonds. The zero-order valence-electron chi connectivity index (χ0n) is 36.5. The minimum Gasteiger partial charge on any atom is -0.494 e. The molecule has 25 heteroatoms. The quantitative estimate of drug-likeness (QED) is 0.146. The number of benzene rings is 1. The number of alkyl halides is 5. The van der Waals surface area contributed by atoms with E-state index in [1.54, 1.807) is 13.2 Å².